The number of fused-ring (bicyclic) bond motifs is 2. The molecule has 7 heteroatoms. The second-order valence-electron chi connectivity index (χ2n) is 7.23. The summed E-state index contributed by atoms with van der Waals surface area (Å²) >= 11 is 0. The molecule has 5 aromatic rings. The Balaban J connectivity index is 1.48. The number of benzene rings is 2. The largest absolute Gasteiger partial charge is 0.383 e. The number of hydrogen-bond acceptors (Lipinski definition) is 5. The Morgan fingerprint density at radius 2 is 1.67 bits per heavy atom. The fraction of sp³-hybridized carbons (Fsp3) is 0.174. The first kappa shape index (κ1) is 18.3. The molecule has 5 rings (SSSR count). The van der Waals surface area contributed by atoms with E-state index >= 15 is 0 Å². The van der Waals surface area contributed by atoms with Crippen molar-refractivity contribution in [3.8, 4) is 22.9 Å². The van der Waals surface area contributed by atoms with Crippen molar-refractivity contribution in [3.63, 3.8) is 0 Å². The van der Waals surface area contributed by atoms with Gasteiger partial charge >= 0.3 is 0 Å². The van der Waals surface area contributed by atoms with E-state index in [2.05, 4.69) is 50.1 Å². The lowest BCUT2D eigenvalue weighted by molar-refractivity contribution is 0.206. The minimum absolute atomic E-state index is 0.688. The maximum atomic E-state index is 5.17. The third-order valence-corrected chi connectivity index (χ3v) is 5.20. The van der Waals surface area contributed by atoms with E-state index in [-0.39, 0.29) is 0 Å². The summed E-state index contributed by atoms with van der Waals surface area (Å²) in [6, 6.07) is 18.1. The van der Waals surface area contributed by atoms with Crippen LogP contribution in [0.3, 0.4) is 0 Å². The van der Waals surface area contributed by atoms with E-state index < -0.39 is 0 Å². The first-order chi connectivity index (χ1) is 14.7. The van der Waals surface area contributed by atoms with E-state index in [1.54, 1.807) is 13.3 Å². The molecule has 0 radical (unpaired) electrons. The monoisotopic (exact) mass is 398 g/mol. The normalized spacial score (nSPS) is 11.4. The van der Waals surface area contributed by atoms with Gasteiger partial charge in [-0.3, -0.25) is 4.98 Å². The second kappa shape index (κ2) is 7.61. The standard InChI is InChI=1S/C23H22N6O/c1-29(11-12-30-2)16-7-9-18-21(14-16)27-22(25-18)15-6-8-17-20(13-15)28-23(26-17)19-5-3-4-10-24-19/h3-10,13-14H,11-12H2,1-2H3,(H,25,27)(H,26,28). The smallest absolute Gasteiger partial charge is 0.157 e. The van der Waals surface area contributed by atoms with Gasteiger partial charge in [-0.05, 0) is 48.5 Å². The predicted octanol–water partition coefficient (Wildman–Crippen LogP) is 4.25. The number of nitrogens with zero attached hydrogens (tertiary/aromatic N) is 4. The maximum absolute atomic E-state index is 5.17. The first-order valence-electron chi connectivity index (χ1n) is 9.82. The number of aromatic nitrogens is 5. The zero-order valence-electron chi connectivity index (χ0n) is 16.9. The van der Waals surface area contributed by atoms with Crippen LogP contribution in [-0.4, -0.2) is 52.2 Å². The van der Waals surface area contributed by atoms with Crippen LogP contribution in [0.2, 0.25) is 0 Å². The summed E-state index contributed by atoms with van der Waals surface area (Å²) in [5, 5.41) is 0. The van der Waals surface area contributed by atoms with Crippen molar-refractivity contribution in [1.82, 2.24) is 24.9 Å². The van der Waals surface area contributed by atoms with Crippen molar-refractivity contribution in [2.75, 3.05) is 32.2 Å². The molecular weight excluding hydrogens is 376 g/mol. The zero-order valence-corrected chi connectivity index (χ0v) is 16.9. The van der Waals surface area contributed by atoms with Crippen LogP contribution in [0.4, 0.5) is 5.69 Å². The SMILES string of the molecule is COCCN(C)c1ccc2nc(-c3ccc4nc(-c5ccccn5)[nH]c4c3)[nH]c2c1. The topological polar surface area (TPSA) is 82.7 Å². The Kier molecular flexibility index (Phi) is 4.65. The Morgan fingerprint density at radius 1 is 0.900 bits per heavy atom. The molecule has 0 spiro atoms. The molecule has 2 N–H and O–H groups in total. The lowest BCUT2D eigenvalue weighted by atomic mass is 10.2. The molecule has 0 saturated heterocycles. The van der Waals surface area contributed by atoms with Gasteiger partial charge in [-0.1, -0.05) is 6.07 Å². The van der Waals surface area contributed by atoms with E-state index in [0.29, 0.717) is 6.61 Å². The first-order valence-corrected chi connectivity index (χ1v) is 9.82. The fourth-order valence-corrected chi connectivity index (χ4v) is 3.51. The molecule has 0 fully saturated rings. The summed E-state index contributed by atoms with van der Waals surface area (Å²) in [5.74, 6) is 1.59. The Morgan fingerprint density at radius 3 is 2.47 bits per heavy atom. The molecule has 0 unspecified atom stereocenters. The van der Waals surface area contributed by atoms with Gasteiger partial charge in [0.15, 0.2) is 5.82 Å². The maximum Gasteiger partial charge on any atom is 0.157 e. The van der Waals surface area contributed by atoms with Gasteiger partial charge in [-0.15, -0.1) is 0 Å². The molecule has 0 amide bonds. The fourth-order valence-electron chi connectivity index (χ4n) is 3.51. The number of rotatable bonds is 6. The average molecular weight is 398 g/mol. The van der Waals surface area contributed by atoms with Gasteiger partial charge in [0.05, 0.1) is 28.7 Å². The number of methoxy groups -OCH3 is 1. The highest BCUT2D eigenvalue weighted by molar-refractivity contribution is 5.86. The highest BCUT2D eigenvalue weighted by Gasteiger charge is 2.11. The number of nitrogens with one attached hydrogen (secondary N) is 2. The summed E-state index contributed by atoms with van der Waals surface area (Å²) in [6.45, 7) is 1.52. The van der Waals surface area contributed by atoms with Crippen LogP contribution in [0.25, 0.3) is 45.0 Å². The summed E-state index contributed by atoms with van der Waals surface area (Å²) in [4.78, 5) is 22.8. The summed E-state index contributed by atoms with van der Waals surface area (Å²) in [6.07, 6.45) is 1.77. The highest BCUT2D eigenvalue weighted by Crippen LogP contribution is 2.27. The third-order valence-electron chi connectivity index (χ3n) is 5.20. The van der Waals surface area contributed by atoms with E-state index in [1.807, 2.05) is 36.4 Å². The number of ether oxygens (including phenoxy) is 1. The molecule has 0 saturated carbocycles. The van der Waals surface area contributed by atoms with Gasteiger partial charge < -0.3 is 19.6 Å². The number of H-pyrrole nitrogens is 2. The molecule has 0 bridgehead atoms. The van der Waals surface area contributed by atoms with Crippen LogP contribution in [0.15, 0.2) is 60.8 Å². The Bertz CT molecular complexity index is 1310. The number of aromatic amines is 2. The van der Waals surface area contributed by atoms with Crippen molar-refractivity contribution in [1.29, 1.82) is 0 Å². The van der Waals surface area contributed by atoms with E-state index in [4.69, 9.17) is 9.72 Å². The molecule has 0 aliphatic rings. The second-order valence-corrected chi connectivity index (χ2v) is 7.23. The molecule has 0 aliphatic heterocycles. The minimum atomic E-state index is 0.688. The number of anilines is 1. The summed E-state index contributed by atoms with van der Waals surface area (Å²) in [5.41, 5.74) is 6.75. The van der Waals surface area contributed by atoms with Gasteiger partial charge in [0, 0.05) is 38.1 Å². The number of imidazole rings is 2. The molecule has 0 aliphatic carbocycles. The van der Waals surface area contributed by atoms with Gasteiger partial charge in [0.2, 0.25) is 0 Å². The van der Waals surface area contributed by atoms with E-state index in [9.17, 15) is 0 Å². The Labute approximate surface area is 173 Å². The summed E-state index contributed by atoms with van der Waals surface area (Å²) in [7, 11) is 3.77. The number of hydrogen-bond donors (Lipinski definition) is 2. The molecule has 2 aromatic carbocycles. The van der Waals surface area contributed by atoms with Gasteiger partial charge in [0.1, 0.15) is 11.5 Å². The highest BCUT2D eigenvalue weighted by atomic mass is 16.5. The van der Waals surface area contributed by atoms with Crippen molar-refractivity contribution in [3.05, 3.63) is 60.8 Å². The number of likely N-dealkylation sites (N-methyl/N-ethyl adjacent to an activating group) is 1. The lowest BCUT2D eigenvalue weighted by Crippen LogP contribution is -2.21. The molecule has 3 heterocycles. The van der Waals surface area contributed by atoms with Gasteiger partial charge in [0.25, 0.3) is 0 Å². The van der Waals surface area contributed by atoms with Gasteiger partial charge in [-0.25, -0.2) is 9.97 Å². The van der Waals surface area contributed by atoms with Gasteiger partial charge in [-0.2, -0.15) is 0 Å². The van der Waals surface area contributed by atoms with Crippen LogP contribution >= 0.6 is 0 Å². The Hall–Kier alpha value is -3.71. The quantitative estimate of drug-likeness (QED) is 0.447. The third kappa shape index (κ3) is 3.40. The molecular formula is C23H22N6O. The minimum Gasteiger partial charge on any atom is -0.383 e. The molecule has 7 nitrogen and oxygen atoms in total. The number of pyridine rings is 1. The van der Waals surface area contributed by atoms with Crippen LogP contribution in [0, 0.1) is 0 Å². The molecule has 30 heavy (non-hydrogen) atoms. The average Bonchev–Trinajstić information content (AvgIpc) is 3.41. The van der Waals surface area contributed by atoms with Crippen LogP contribution in [-0.2, 0) is 4.74 Å². The summed E-state index contributed by atoms with van der Waals surface area (Å²) < 4.78 is 5.17. The van der Waals surface area contributed by atoms with E-state index in [0.717, 1.165) is 57.2 Å². The van der Waals surface area contributed by atoms with E-state index in [1.165, 1.54) is 0 Å². The van der Waals surface area contributed by atoms with Crippen molar-refractivity contribution in [2.45, 2.75) is 0 Å². The lowest BCUT2D eigenvalue weighted by Gasteiger charge is -2.18. The van der Waals surface area contributed by atoms with Crippen molar-refractivity contribution >= 4 is 27.8 Å². The molecule has 0 atom stereocenters. The van der Waals surface area contributed by atoms with Crippen molar-refractivity contribution in [2.24, 2.45) is 0 Å². The van der Waals surface area contributed by atoms with Crippen molar-refractivity contribution < 1.29 is 4.74 Å². The van der Waals surface area contributed by atoms with Crippen LogP contribution in [0.1, 0.15) is 0 Å². The predicted molar refractivity (Wildman–Crippen MR) is 120 cm³/mol. The zero-order chi connectivity index (χ0) is 20.5. The molecule has 3 aromatic heterocycles. The van der Waals surface area contributed by atoms with Crippen LogP contribution in [0.5, 0.6) is 0 Å². The molecule has 150 valence electrons. The van der Waals surface area contributed by atoms with Crippen LogP contribution < -0.4 is 4.90 Å².